The molecular weight excluding hydrogens is 240 g/mol. The molecule has 0 spiro atoms. The zero-order chi connectivity index (χ0) is 12.8. The van der Waals surface area contributed by atoms with Crippen molar-refractivity contribution in [1.82, 2.24) is 5.32 Å². The van der Waals surface area contributed by atoms with Gasteiger partial charge in [-0.15, -0.1) is 0 Å². The van der Waals surface area contributed by atoms with Crippen LogP contribution in [0.4, 0.5) is 0 Å². The highest BCUT2D eigenvalue weighted by Crippen LogP contribution is 2.43. The van der Waals surface area contributed by atoms with Gasteiger partial charge in [0.1, 0.15) is 0 Å². The van der Waals surface area contributed by atoms with Gasteiger partial charge in [0.15, 0.2) is 0 Å². The predicted octanol–water partition coefficient (Wildman–Crippen LogP) is 1.27. The lowest BCUT2D eigenvalue weighted by Crippen LogP contribution is -2.59. The highest BCUT2D eigenvalue weighted by atomic mass is 28.1. The summed E-state index contributed by atoms with van der Waals surface area (Å²) in [5.41, 5.74) is 3.09. The Hall–Kier alpha value is -1.15. The maximum atomic E-state index is 8.98. The van der Waals surface area contributed by atoms with Crippen LogP contribution >= 0.6 is 0 Å². The summed E-state index contributed by atoms with van der Waals surface area (Å²) in [4.78, 5) is 0. The third-order valence-electron chi connectivity index (χ3n) is 4.00. The van der Waals surface area contributed by atoms with Crippen LogP contribution in [-0.4, -0.2) is 29.0 Å². The predicted molar refractivity (Wildman–Crippen MR) is 69.4 cm³/mol. The first-order chi connectivity index (χ1) is 8.69. The largest absolute Gasteiger partial charge is 0.669 e. The topological polar surface area (TPSA) is 45.0 Å². The molecule has 0 bridgehead atoms. The Morgan fingerprint density at radius 1 is 1.61 bits per heavy atom. The fourth-order valence-electron chi connectivity index (χ4n) is 3.19. The zero-order valence-electron chi connectivity index (χ0n) is 10.4. The minimum absolute atomic E-state index is 0.141. The van der Waals surface area contributed by atoms with E-state index in [2.05, 4.69) is 34.6 Å². The number of rotatable bonds is 1. The minimum atomic E-state index is -0.141. The van der Waals surface area contributed by atoms with Gasteiger partial charge >= 0.3 is 0 Å². The molecule has 4 heteroatoms. The SMILES string of the molecule is C[C@@H]1CO[C@@H]2Cc3cc(C#N)ccc3[C@@]2(C[Si-])N1. The Morgan fingerprint density at radius 2 is 2.44 bits per heavy atom. The van der Waals surface area contributed by atoms with Crippen molar-refractivity contribution in [1.29, 1.82) is 5.26 Å². The smallest absolute Gasteiger partial charge is 0.0991 e. The van der Waals surface area contributed by atoms with Gasteiger partial charge < -0.3 is 20.3 Å². The van der Waals surface area contributed by atoms with Crippen LogP contribution in [-0.2, 0) is 16.7 Å². The lowest BCUT2D eigenvalue weighted by Gasteiger charge is -2.47. The molecular formula is C14H15N2OSi-. The van der Waals surface area contributed by atoms with Crippen molar-refractivity contribution < 1.29 is 4.74 Å². The van der Waals surface area contributed by atoms with Crippen molar-refractivity contribution in [3.05, 3.63) is 34.9 Å². The van der Waals surface area contributed by atoms with E-state index in [9.17, 15) is 0 Å². The Morgan fingerprint density at radius 3 is 3.17 bits per heavy atom. The first-order valence-electron chi connectivity index (χ1n) is 6.27. The van der Waals surface area contributed by atoms with Gasteiger partial charge in [-0.25, -0.2) is 6.04 Å². The number of ether oxygens (including phenoxy) is 1. The number of nitrogens with one attached hydrogen (secondary N) is 1. The van der Waals surface area contributed by atoms with E-state index in [4.69, 9.17) is 10.00 Å². The second kappa shape index (κ2) is 4.20. The molecule has 1 aromatic carbocycles. The van der Waals surface area contributed by atoms with Crippen LogP contribution in [0.3, 0.4) is 0 Å². The minimum Gasteiger partial charge on any atom is -0.669 e. The van der Waals surface area contributed by atoms with Gasteiger partial charge in [-0.1, -0.05) is 6.07 Å². The third kappa shape index (κ3) is 1.55. The summed E-state index contributed by atoms with van der Waals surface area (Å²) in [6.45, 7) is 2.89. The summed E-state index contributed by atoms with van der Waals surface area (Å²) in [5, 5.41) is 12.7. The molecule has 0 amide bonds. The molecule has 3 rings (SSSR count). The Balaban J connectivity index is 2.09. The van der Waals surface area contributed by atoms with Gasteiger partial charge in [-0.3, -0.25) is 0 Å². The van der Waals surface area contributed by atoms with Gasteiger partial charge in [0.2, 0.25) is 0 Å². The standard InChI is InChI=1S/C14H15N2OSi/c1-9-7-17-13-5-11-4-10(6-15)2-3-12(11)14(13,8-18)16-9/h2-4,9,13,16H,5,7-8H2,1H3/q-1/t9-,13-,14-/m1/s1. The van der Waals surface area contributed by atoms with Crippen LogP contribution in [0.15, 0.2) is 18.2 Å². The van der Waals surface area contributed by atoms with Gasteiger partial charge in [0, 0.05) is 18.0 Å². The number of hydrogen-bond acceptors (Lipinski definition) is 3. The third-order valence-corrected chi connectivity index (χ3v) is 4.56. The second-order valence-corrected chi connectivity index (χ2v) is 5.56. The fourth-order valence-corrected chi connectivity index (χ4v) is 3.71. The van der Waals surface area contributed by atoms with Crippen molar-refractivity contribution in [2.45, 2.75) is 37.1 Å². The van der Waals surface area contributed by atoms with Crippen LogP contribution in [0, 0.1) is 11.3 Å². The van der Waals surface area contributed by atoms with E-state index in [1.807, 2.05) is 12.1 Å². The maximum Gasteiger partial charge on any atom is 0.0991 e. The first-order valence-corrected chi connectivity index (χ1v) is 6.97. The van der Waals surface area contributed by atoms with Gasteiger partial charge in [-0.05, 0) is 30.2 Å². The van der Waals surface area contributed by atoms with Gasteiger partial charge in [-0.2, -0.15) is 5.26 Å². The van der Waals surface area contributed by atoms with Crippen molar-refractivity contribution in [2.75, 3.05) is 6.61 Å². The van der Waals surface area contributed by atoms with Gasteiger partial charge in [0.05, 0.1) is 24.3 Å². The average Bonchev–Trinajstić information content (AvgIpc) is 2.72. The molecule has 92 valence electrons. The molecule has 0 unspecified atom stereocenters. The molecule has 3 nitrogen and oxygen atoms in total. The van der Waals surface area contributed by atoms with E-state index >= 15 is 0 Å². The number of fused-ring (bicyclic) bond motifs is 3. The second-order valence-electron chi connectivity index (χ2n) is 5.20. The molecule has 2 aliphatic rings. The summed E-state index contributed by atoms with van der Waals surface area (Å²) < 4.78 is 5.99. The Kier molecular flexibility index (Phi) is 2.78. The van der Waals surface area contributed by atoms with E-state index < -0.39 is 0 Å². The van der Waals surface area contributed by atoms with Crippen LogP contribution in [0.5, 0.6) is 0 Å². The molecule has 1 aliphatic heterocycles. The van der Waals surface area contributed by atoms with Gasteiger partial charge in [0.25, 0.3) is 0 Å². The summed E-state index contributed by atoms with van der Waals surface area (Å²) in [6, 6.07) is 9.33. The number of hydrogen-bond donors (Lipinski definition) is 1. The lowest BCUT2D eigenvalue weighted by molar-refractivity contribution is -0.0547. The van der Waals surface area contributed by atoms with Crippen LogP contribution in [0.2, 0.25) is 6.04 Å². The molecule has 2 radical (unpaired) electrons. The molecule has 0 aromatic heterocycles. The summed E-state index contributed by atoms with van der Waals surface area (Å²) in [7, 11) is 3.69. The van der Waals surface area contributed by atoms with Crippen LogP contribution in [0.25, 0.3) is 0 Å². The highest BCUT2D eigenvalue weighted by molar-refractivity contribution is 6.09. The van der Waals surface area contributed by atoms with E-state index in [0.29, 0.717) is 6.04 Å². The molecule has 1 aromatic rings. The van der Waals surface area contributed by atoms with E-state index in [0.717, 1.165) is 24.6 Å². The van der Waals surface area contributed by atoms with Crippen molar-refractivity contribution in [3.8, 4) is 6.07 Å². The normalized spacial score (nSPS) is 33.6. The van der Waals surface area contributed by atoms with Crippen LogP contribution < -0.4 is 5.32 Å². The molecule has 1 N–H and O–H groups in total. The number of benzene rings is 1. The van der Waals surface area contributed by atoms with Crippen molar-refractivity contribution >= 4 is 10.2 Å². The lowest BCUT2D eigenvalue weighted by atomic mass is 9.89. The summed E-state index contributed by atoms with van der Waals surface area (Å²) >= 11 is 0. The highest BCUT2D eigenvalue weighted by Gasteiger charge is 2.46. The van der Waals surface area contributed by atoms with E-state index in [-0.39, 0.29) is 11.6 Å². The Labute approximate surface area is 111 Å². The maximum absolute atomic E-state index is 8.98. The van der Waals surface area contributed by atoms with Crippen molar-refractivity contribution in [2.24, 2.45) is 0 Å². The molecule has 1 aliphatic carbocycles. The molecule has 3 atom stereocenters. The first kappa shape index (κ1) is 11.9. The molecule has 0 saturated carbocycles. The number of nitriles is 1. The van der Waals surface area contributed by atoms with E-state index in [1.54, 1.807) is 0 Å². The number of nitrogens with zero attached hydrogens (tertiary/aromatic N) is 1. The summed E-state index contributed by atoms with van der Waals surface area (Å²) in [6.07, 6.45) is 1.05. The summed E-state index contributed by atoms with van der Waals surface area (Å²) in [5.74, 6) is 0. The monoisotopic (exact) mass is 255 g/mol. The van der Waals surface area contributed by atoms with E-state index in [1.165, 1.54) is 11.1 Å². The zero-order valence-corrected chi connectivity index (χ0v) is 11.4. The number of morpholine rings is 1. The molecule has 1 heterocycles. The molecule has 18 heavy (non-hydrogen) atoms. The van der Waals surface area contributed by atoms with Crippen LogP contribution in [0.1, 0.15) is 23.6 Å². The Bertz CT molecular complexity index is 525. The fraction of sp³-hybridized carbons (Fsp3) is 0.500. The quantitative estimate of drug-likeness (QED) is 0.769. The van der Waals surface area contributed by atoms with Crippen molar-refractivity contribution in [3.63, 3.8) is 0 Å². The molecule has 1 saturated heterocycles. The average molecular weight is 255 g/mol. The molecule has 1 fully saturated rings.